The van der Waals surface area contributed by atoms with Crippen LogP contribution in [0.4, 0.5) is 0 Å². The summed E-state index contributed by atoms with van der Waals surface area (Å²) in [6.07, 6.45) is 0. The van der Waals surface area contributed by atoms with Gasteiger partial charge in [-0.1, -0.05) is 11.8 Å². The number of ketones is 1. The van der Waals surface area contributed by atoms with E-state index >= 15 is 0 Å². The molecular weight excluding hydrogens is 200 g/mol. The summed E-state index contributed by atoms with van der Waals surface area (Å²) < 4.78 is 4.13. The van der Waals surface area contributed by atoms with Crippen molar-refractivity contribution in [3.63, 3.8) is 0 Å². The van der Waals surface area contributed by atoms with Crippen LogP contribution in [0.25, 0.3) is 0 Å². The number of carbonyl (C=O) groups is 2. The van der Waals surface area contributed by atoms with Crippen molar-refractivity contribution in [2.24, 2.45) is 0 Å². The molecule has 1 aliphatic heterocycles. The molecule has 0 aromatic heterocycles. The number of hydrogen-bond donors (Lipinski definition) is 3. The van der Waals surface area contributed by atoms with Crippen LogP contribution < -0.4 is 0 Å². The third kappa shape index (κ3) is 1.33. The van der Waals surface area contributed by atoms with Crippen molar-refractivity contribution in [2.75, 3.05) is 7.11 Å². The number of carbonyl (C=O) groups excluding carboxylic acids is 2. The molecule has 3 unspecified atom stereocenters. The smallest absolute Gasteiger partial charge is 0.349 e. The zero-order valence-electron chi connectivity index (χ0n) is 6.63. The molecule has 0 aromatic rings. The second-order valence-corrected chi connectivity index (χ2v) is 3.63. The van der Waals surface area contributed by atoms with Gasteiger partial charge in [-0.15, -0.1) is 0 Å². The number of aliphatic hydroxyl groups is 3. The third-order valence-corrected chi connectivity index (χ3v) is 2.78. The van der Waals surface area contributed by atoms with Gasteiger partial charge in [0.25, 0.3) is 5.60 Å². The van der Waals surface area contributed by atoms with Crippen LogP contribution in [0, 0.1) is 0 Å². The zero-order chi connectivity index (χ0) is 10.2. The summed E-state index contributed by atoms with van der Waals surface area (Å²) in [4.78, 5) is 22.0. The molecule has 3 N–H and O–H groups in total. The average Bonchev–Trinajstić information content (AvgIpc) is 2.30. The minimum atomic E-state index is -2.64. The topological polar surface area (TPSA) is 104 Å². The van der Waals surface area contributed by atoms with E-state index in [4.69, 9.17) is 10.2 Å². The Hall–Kier alpha value is -0.630. The maximum absolute atomic E-state index is 11.1. The summed E-state index contributed by atoms with van der Waals surface area (Å²) in [5.74, 6) is -2.43. The van der Waals surface area contributed by atoms with Crippen molar-refractivity contribution in [1.29, 1.82) is 0 Å². The lowest BCUT2D eigenvalue weighted by Gasteiger charge is -2.19. The molecule has 0 radical (unpaired) electrons. The van der Waals surface area contributed by atoms with E-state index in [0.717, 1.165) is 7.11 Å². The van der Waals surface area contributed by atoms with Crippen LogP contribution in [0.5, 0.6) is 0 Å². The van der Waals surface area contributed by atoms with Gasteiger partial charge < -0.3 is 20.1 Å². The van der Waals surface area contributed by atoms with E-state index in [1.165, 1.54) is 0 Å². The van der Waals surface area contributed by atoms with Crippen LogP contribution in [-0.4, -0.2) is 50.7 Å². The van der Waals surface area contributed by atoms with Gasteiger partial charge in [0, 0.05) is 0 Å². The Morgan fingerprint density at radius 3 is 2.46 bits per heavy atom. The Balaban J connectivity index is 3.01. The minimum absolute atomic E-state index is 0.390. The first-order valence-electron chi connectivity index (χ1n) is 3.31. The summed E-state index contributed by atoms with van der Waals surface area (Å²) in [5.41, 5.74) is -5.93. The van der Waals surface area contributed by atoms with E-state index in [1.54, 1.807) is 0 Å². The van der Waals surface area contributed by atoms with Gasteiger partial charge in [0.05, 0.1) is 7.11 Å². The van der Waals surface area contributed by atoms with Gasteiger partial charge in [-0.25, -0.2) is 4.79 Å². The Morgan fingerprint density at radius 2 is 2.15 bits per heavy atom. The van der Waals surface area contributed by atoms with Crippen molar-refractivity contribution in [1.82, 2.24) is 0 Å². The van der Waals surface area contributed by atoms with E-state index in [-0.39, 0.29) is 0 Å². The molecule has 74 valence electrons. The van der Waals surface area contributed by atoms with E-state index in [9.17, 15) is 14.7 Å². The fourth-order valence-corrected chi connectivity index (χ4v) is 1.91. The normalized spacial score (nSPS) is 39.2. The Bertz CT molecular complexity index is 254. The van der Waals surface area contributed by atoms with E-state index in [2.05, 4.69) is 4.74 Å². The summed E-state index contributed by atoms with van der Waals surface area (Å²) in [6, 6.07) is 0. The highest BCUT2D eigenvalue weighted by Gasteiger charge is 2.60. The van der Waals surface area contributed by atoms with Gasteiger partial charge in [-0.2, -0.15) is 0 Å². The van der Waals surface area contributed by atoms with Crippen LogP contribution >= 0.6 is 11.8 Å². The second-order valence-electron chi connectivity index (χ2n) is 2.46. The lowest BCUT2D eigenvalue weighted by atomic mass is 10.0. The van der Waals surface area contributed by atoms with Crippen molar-refractivity contribution in [3.8, 4) is 0 Å². The molecule has 3 atom stereocenters. The molecule has 1 rings (SSSR count). The van der Waals surface area contributed by atoms with Crippen LogP contribution in [-0.2, 0) is 14.3 Å². The van der Waals surface area contributed by atoms with Gasteiger partial charge in [0.2, 0.25) is 5.78 Å². The lowest BCUT2D eigenvalue weighted by molar-refractivity contribution is -0.174. The number of ether oxygens (including phenoxy) is 1. The molecule has 0 amide bonds. The van der Waals surface area contributed by atoms with Crippen molar-refractivity contribution < 1.29 is 29.6 Å². The third-order valence-electron chi connectivity index (χ3n) is 1.71. The summed E-state index contributed by atoms with van der Waals surface area (Å²) in [5, 5.41) is 27.5. The SMILES string of the molecule is COC(=O)C1(O)C(=O)C(O)SC1O. The number of Topliss-reactive ketones (excluding diaryl/α,β-unsaturated/α-hetero) is 1. The second kappa shape index (κ2) is 3.26. The molecule has 0 saturated carbocycles. The van der Waals surface area contributed by atoms with Crippen molar-refractivity contribution >= 4 is 23.5 Å². The minimum Gasteiger partial charge on any atom is -0.466 e. The predicted octanol–water partition coefficient (Wildman–Crippen LogP) is -2.16. The van der Waals surface area contributed by atoms with Crippen molar-refractivity contribution in [3.05, 3.63) is 0 Å². The average molecular weight is 208 g/mol. The molecule has 1 aliphatic rings. The molecule has 0 spiro atoms. The quantitative estimate of drug-likeness (QED) is 0.333. The highest BCUT2D eigenvalue weighted by Crippen LogP contribution is 2.36. The standard InChI is InChI=1S/C6H8O6S/c1-12-4(9)6(11)2(7)3(8)13-5(6)10/h3,5,8,10-11H,1H3. The number of hydrogen-bond acceptors (Lipinski definition) is 7. The van der Waals surface area contributed by atoms with Gasteiger partial charge in [0.1, 0.15) is 5.44 Å². The van der Waals surface area contributed by atoms with Crippen LogP contribution in [0.1, 0.15) is 0 Å². The molecule has 1 fully saturated rings. The van der Waals surface area contributed by atoms with E-state index in [1.807, 2.05) is 0 Å². The predicted molar refractivity (Wildman–Crippen MR) is 41.6 cm³/mol. The molecule has 0 bridgehead atoms. The van der Waals surface area contributed by atoms with Gasteiger partial charge >= 0.3 is 5.97 Å². The maximum atomic E-state index is 11.1. The fraction of sp³-hybridized carbons (Fsp3) is 0.667. The Kier molecular flexibility index (Phi) is 2.62. The first-order valence-corrected chi connectivity index (χ1v) is 4.25. The molecular formula is C6H8O6S. The van der Waals surface area contributed by atoms with E-state index < -0.39 is 28.2 Å². The largest absolute Gasteiger partial charge is 0.466 e. The van der Waals surface area contributed by atoms with E-state index in [0.29, 0.717) is 11.8 Å². The number of rotatable bonds is 1. The fourth-order valence-electron chi connectivity index (χ4n) is 0.949. The Morgan fingerprint density at radius 1 is 1.62 bits per heavy atom. The molecule has 1 saturated heterocycles. The molecule has 6 nitrogen and oxygen atoms in total. The summed E-state index contributed by atoms with van der Waals surface area (Å²) >= 11 is 0.390. The number of thioether (sulfide) groups is 1. The summed E-state index contributed by atoms with van der Waals surface area (Å²) in [6.45, 7) is 0. The van der Waals surface area contributed by atoms with Crippen molar-refractivity contribution in [2.45, 2.75) is 16.5 Å². The monoisotopic (exact) mass is 208 g/mol. The lowest BCUT2D eigenvalue weighted by Crippen LogP contribution is -2.52. The van der Waals surface area contributed by atoms with Gasteiger partial charge in [-0.05, 0) is 0 Å². The summed E-state index contributed by atoms with van der Waals surface area (Å²) in [7, 11) is 0.968. The van der Waals surface area contributed by atoms with Crippen LogP contribution in [0.15, 0.2) is 0 Å². The Labute approximate surface area is 77.5 Å². The highest BCUT2D eigenvalue weighted by atomic mass is 32.2. The van der Waals surface area contributed by atoms with Gasteiger partial charge in [0.15, 0.2) is 5.44 Å². The maximum Gasteiger partial charge on any atom is 0.349 e. The van der Waals surface area contributed by atoms with Crippen LogP contribution in [0.3, 0.4) is 0 Å². The molecule has 7 heteroatoms. The zero-order valence-corrected chi connectivity index (χ0v) is 7.45. The molecule has 0 aliphatic carbocycles. The first kappa shape index (κ1) is 10.5. The highest BCUT2D eigenvalue weighted by molar-refractivity contribution is 8.01. The first-order chi connectivity index (χ1) is 5.94. The van der Waals surface area contributed by atoms with Gasteiger partial charge in [-0.3, -0.25) is 4.79 Å². The molecule has 13 heavy (non-hydrogen) atoms. The number of methoxy groups -OCH3 is 1. The number of esters is 1. The number of aliphatic hydroxyl groups excluding tert-OH is 2. The van der Waals surface area contributed by atoms with Crippen LogP contribution in [0.2, 0.25) is 0 Å². The molecule has 1 heterocycles. The molecule has 0 aromatic carbocycles.